The Kier molecular flexibility index (Phi) is 4.79. The Morgan fingerprint density at radius 1 is 1.28 bits per heavy atom. The maximum atomic E-state index is 3.64. The predicted octanol–water partition coefficient (Wildman–Crippen LogP) is 3.07. The van der Waals surface area contributed by atoms with Crippen LogP contribution in [0.5, 0.6) is 0 Å². The molecule has 1 fully saturated rings. The second kappa shape index (κ2) is 6.35. The van der Waals surface area contributed by atoms with E-state index in [1.807, 2.05) is 0 Å². The molecule has 100 valence electrons. The van der Waals surface area contributed by atoms with Crippen molar-refractivity contribution in [1.82, 2.24) is 10.2 Å². The van der Waals surface area contributed by atoms with Crippen molar-refractivity contribution in [2.24, 2.45) is 5.92 Å². The second-order valence-corrected chi connectivity index (χ2v) is 5.63. The van der Waals surface area contributed by atoms with Crippen LogP contribution in [0.15, 0.2) is 30.3 Å². The zero-order chi connectivity index (χ0) is 13.0. The van der Waals surface area contributed by atoms with Gasteiger partial charge in [-0.1, -0.05) is 51.1 Å². The minimum atomic E-state index is 0.578. The van der Waals surface area contributed by atoms with Crippen LogP contribution in [0, 0.1) is 5.92 Å². The van der Waals surface area contributed by atoms with E-state index >= 15 is 0 Å². The molecular weight excluding hydrogens is 220 g/mol. The summed E-state index contributed by atoms with van der Waals surface area (Å²) < 4.78 is 0. The smallest absolute Gasteiger partial charge is 0.0346 e. The summed E-state index contributed by atoms with van der Waals surface area (Å²) in [6, 6.07) is 12.2. The standard InChI is InChI=1S/C16H26N2/c1-4-16(14-8-6-5-7-9-14)18-11-10-17-15(12-18)13(2)3/h5-9,13,15-17H,4,10-12H2,1-3H3. The van der Waals surface area contributed by atoms with E-state index < -0.39 is 0 Å². The van der Waals surface area contributed by atoms with Gasteiger partial charge in [-0.25, -0.2) is 0 Å². The Morgan fingerprint density at radius 2 is 2.00 bits per heavy atom. The molecule has 1 aliphatic heterocycles. The van der Waals surface area contributed by atoms with Gasteiger partial charge in [0.2, 0.25) is 0 Å². The van der Waals surface area contributed by atoms with Crippen LogP contribution < -0.4 is 5.32 Å². The molecule has 0 saturated carbocycles. The highest BCUT2D eigenvalue weighted by molar-refractivity contribution is 5.19. The van der Waals surface area contributed by atoms with Crippen molar-refractivity contribution in [2.75, 3.05) is 19.6 Å². The van der Waals surface area contributed by atoms with E-state index in [2.05, 4.69) is 61.3 Å². The van der Waals surface area contributed by atoms with E-state index in [1.165, 1.54) is 18.5 Å². The lowest BCUT2D eigenvalue weighted by atomic mass is 9.97. The van der Waals surface area contributed by atoms with Crippen molar-refractivity contribution in [1.29, 1.82) is 0 Å². The third-order valence-corrected chi connectivity index (χ3v) is 4.05. The molecule has 2 nitrogen and oxygen atoms in total. The zero-order valence-corrected chi connectivity index (χ0v) is 11.9. The van der Waals surface area contributed by atoms with Crippen LogP contribution in [0.4, 0.5) is 0 Å². The molecule has 2 heteroatoms. The maximum absolute atomic E-state index is 3.64. The fourth-order valence-corrected chi connectivity index (χ4v) is 2.91. The van der Waals surface area contributed by atoms with Crippen LogP contribution in [0.2, 0.25) is 0 Å². The van der Waals surface area contributed by atoms with E-state index in [1.54, 1.807) is 0 Å². The summed E-state index contributed by atoms with van der Waals surface area (Å²) in [6.45, 7) is 10.4. The van der Waals surface area contributed by atoms with Gasteiger partial charge < -0.3 is 5.32 Å². The first-order chi connectivity index (χ1) is 8.72. The summed E-state index contributed by atoms with van der Waals surface area (Å²) in [5, 5.41) is 3.64. The Labute approximate surface area is 111 Å². The number of nitrogens with one attached hydrogen (secondary N) is 1. The van der Waals surface area contributed by atoms with Crippen molar-refractivity contribution in [2.45, 2.75) is 39.3 Å². The molecule has 1 aromatic rings. The Morgan fingerprint density at radius 3 is 2.61 bits per heavy atom. The van der Waals surface area contributed by atoms with Gasteiger partial charge in [-0.2, -0.15) is 0 Å². The Bertz CT molecular complexity index is 347. The quantitative estimate of drug-likeness (QED) is 0.878. The molecule has 0 radical (unpaired) electrons. The van der Waals surface area contributed by atoms with Crippen molar-refractivity contribution in [3.63, 3.8) is 0 Å². The molecule has 0 aromatic heterocycles. The number of nitrogens with zero attached hydrogens (tertiary/aromatic N) is 1. The lowest BCUT2D eigenvalue weighted by Gasteiger charge is -2.40. The maximum Gasteiger partial charge on any atom is 0.0346 e. The highest BCUT2D eigenvalue weighted by Crippen LogP contribution is 2.25. The summed E-state index contributed by atoms with van der Waals surface area (Å²) in [6.07, 6.45) is 1.19. The van der Waals surface area contributed by atoms with Gasteiger partial charge in [0.25, 0.3) is 0 Å². The molecule has 2 unspecified atom stereocenters. The molecule has 1 N–H and O–H groups in total. The van der Waals surface area contributed by atoms with Crippen LogP contribution in [0.25, 0.3) is 0 Å². The zero-order valence-electron chi connectivity index (χ0n) is 11.9. The lowest BCUT2D eigenvalue weighted by Crippen LogP contribution is -2.53. The molecule has 2 atom stereocenters. The van der Waals surface area contributed by atoms with Gasteiger partial charge in [0.15, 0.2) is 0 Å². The lowest BCUT2D eigenvalue weighted by molar-refractivity contribution is 0.123. The summed E-state index contributed by atoms with van der Waals surface area (Å²) in [7, 11) is 0. The second-order valence-electron chi connectivity index (χ2n) is 5.63. The molecule has 0 aliphatic carbocycles. The summed E-state index contributed by atoms with van der Waals surface area (Å²) >= 11 is 0. The molecule has 0 bridgehead atoms. The van der Waals surface area contributed by atoms with Crippen molar-refractivity contribution >= 4 is 0 Å². The summed E-state index contributed by atoms with van der Waals surface area (Å²) in [5.74, 6) is 0.709. The number of hydrogen-bond donors (Lipinski definition) is 1. The third kappa shape index (κ3) is 3.12. The molecule has 0 amide bonds. The topological polar surface area (TPSA) is 15.3 Å². The minimum absolute atomic E-state index is 0.578. The van der Waals surface area contributed by atoms with Crippen LogP contribution in [-0.4, -0.2) is 30.6 Å². The first kappa shape index (κ1) is 13.6. The molecule has 1 saturated heterocycles. The van der Waals surface area contributed by atoms with Crippen LogP contribution in [0.3, 0.4) is 0 Å². The average Bonchev–Trinajstić information content (AvgIpc) is 2.41. The van der Waals surface area contributed by atoms with E-state index in [4.69, 9.17) is 0 Å². The third-order valence-electron chi connectivity index (χ3n) is 4.05. The fourth-order valence-electron chi connectivity index (χ4n) is 2.91. The SMILES string of the molecule is CCC(c1ccccc1)N1CCNC(C(C)C)C1. The highest BCUT2D eigenvalue weighted by Gasteiger charge is 2.26. The molecule has 18 heavy (non-hydrogen) atoms. The van der Waals surface area contributed by atoms with Gasteiger partial charge in [-0.3, -0.25) is 4.90 Å². The first-order valence-electron chi connectivity index (χ1n) is 7.24. The molecular formula is C16H26N2. The van der Waals surface area contributed by atoms with Crippen molar-refractivity contribution in [3.05, 3.63) is 35.9 Å². The highest BCUT2D eigenvalue weighted by atomic mass is 15.2. The van der Waals surface area contributed by atoms with Crippen LogP contribution in [0.1, 0.15) is 38.8 Å². The monoisotopic (exact) mass is 246 g/mol. The Balaban J connectivity index is 2.08. The first-order valence-corrected chi connectivity index (χ1v) is 7.24. The normalized spacial score (nSPS) is 23.2. The summed E-state index contributed by atoms with van der Waals surface area (Å²) in [5.41, 5.74) is 1.46. The van der Waals surface area contributed by atoms with Gasteiger partial charge in [-0.15, -0.1) is 0 Å². The van der Waals surface area contributed by atoms with Crippen LogP contribution >= 0.6 is 0 Å². The molecule has 1 heterocycles. The van der Waals surface area contributed by atoms with E-state index in [0.29, 0.717) is 18.0 Å². The van der Waals surface area contributed by atoms with Crippen molar-refractivity contribution in [3.8, 4) is 0 Å². The van der Waals surface area contributed by atoms with E-state index in [-0.39, 0.29) is 0 Å². The van der Waals surface area contributed by atoms with Crippen molar-refractivity contribution < 1.29 is 0 Å². The van der Waals surface area contributed by atoms with Gasteiger partial charge in [0.05, 0.1) is 0 Å². The van der Waals surface area contributed by atoms with Crippen LogP contribution in [-0.2, 0) is 0 Å². The Hall–Kier alpha value is -0.860. The molecule has 1 aliphatic rings. The van der Waals surface area contributed by atoms with Gasteiger partial charge in [0, 0.05) is 31.7 Å². The largest absolute Gasteiger partial charge is 0.311 e. The van der Waals surface area contributed by atoms with Gasteiger partial charge in [-0.05, 0) is 17.9 Å². The molecule has 2 rings (SSSR count). The van der Waals surface area contributed by atoms with Gasteiger partial charge >= 0.3 is 0 Å². The number of hydrogen-bond acceptors (Lipinski definition) is 2. The van der Waals surface area contributed by atoms with E-state index in [0.717, 1.165) is 13.1 Å². The summed E-state index contributed by atoms with van der Waals surface area (Å²) in [4.78, 5) is 2.65. The number of piperazine rings is 1. The molecule has 0 spiro atoms. The fraction of sp³-hybridized carbons (Fsp3) is 0.625. The number of benzene rings is 1. The molecule has 1 aromatic carbocycles. The van der Waals surface area contributed by atoms with Gasteiger partial charge in [0.1, 0.15) is 0 Å². The number of rotatable bonds is 4. The van der Waals surface area contributed by atoms with E-state index in [9.17, 15) is 0 Å². The predicted molar refractivity (Wildman–Crippen MR) is 77.7 cm³/mol. The minimum Gasteiger partial charge on any atom is -0.311 e. The average molecular weight is 246 g/mol.